The lowest BCUT2D eigenvalue weighted by Crippen LogP contribution is -2.70. The number of allylic oxidation sites excluding steroid dienone is 1. The number of rotatable bonds is 9. The van der Waals surface area contributed by atoms with Gasteiger partial charge in [0.05, 0.1) is 0 Å². The summed E-state index contributed by atoms with van der Waals surface area (Å²) in [7, 11) is 0. The third-order valence-corrected chi connectivity index (χ3v) is 9.52. The molecule has 2 fully saturated rings. The molecule has 0 unspecified atom stereocenters. The summed E-state index contributed by atoms with van der Waals surface area (Å²) in [4.78, 5) is 54.3. The molecule has 0 spiro atoms. The average Bonchev–Trinajstić information content (AvgIpc) is 3.46. The first-order valence-corrected chi connectivity index (χ1v) is 16.1. The van der Waals surface area contributed by atoms with Crippen LogP contribution in [0.25, 0.3) is 0 Å². The molecular weight excluding hydrogens is 587 g/mol. The van der Waals surface area contributed by atoms with Gasteiger partial charge in [0.15, 0.2) is 6.10 Å². The first-order chi connectivity index (χ1) is 20.6. The van der Waals surface area contributed by atoms with Crippen molar-refractivity contribution >= 4 is 47.9 Å². The number of ether oxygens (including phenoxy) is 2. The van der Waals surface area contributed by atoms with Crippen LogP contribution in [0.3, 0.4) is 0 Å². The summed E-state index contributed by atoms with van der Waals surface area (Å²) in [5, 5.41) is 4.38. The summed E-state index contributed by atoms with van der Waals surface area (Å²) in [6.07, 6.45) is 2.24. The van der Waals surface area contributed by atoms with Gasteiger partial charge in [-0.1, -0.05) is 60.7 Å². The van der Waals surface area contributed by atoms with E-state index < -0.39 is 41.1 Å². The van der Waals surface area contributed by atoms with Crippen molar-refractivity contribution in [3.63, 3.8) is 0 Å². The van der Waals surface area contributed by atoms with E-state index in [9.17, 15) is 19.2 Å². The molecule has 9 nitrogen and oxygen atoms in total. The van der Waals surface area contributed by atoms with Gasteiger partial charge in [-0.05, 0) is 55.4 Å². The Labute approximate surface area is 260 Å². The zero-order chi connectivity index (χ0) is 30.6. The highest BCUT2D eigenvalue weighted by atomic mass is 32.2. The minimum atomic E-state index is -0.825. The maximum Gasteiger partial charge on any atom is 0.408 e. The predicted molar refractivity (Wildman–Crippen MR) is 167 cm³/mol. The summed E-state index contributed by atoms with van der Waals surface area (Å²) in [6, 6.07) is 18.1. The number of nitrogens with zero attached hydrogens (tertiary/aromatic N) is 2. The van der Waals surface area contributed by atoms with Gasteiger partial charge in [-0.2, -0.15) is 0 Å². The molecule has 11 heteroatoms. The van der Waals surface area contributed by atoms with Crippen molar-refractivity contribution < 1.29 is 28.7 Å². The largest absolute Gasteiger partial charge is 0.448 e. The summed E-state index contributed by atoms with van der Waals surface area (Å²) >= 11 is 3.07. The lowest BCUT2D eigenvalue weighted by Gasteiger charge is -2.49. The molecule has 0 aromatic heterocycles. The molecule has 1 N–H and O–H groups in total. The third-order valence-electron chi connectivity index (χ3n) is 7.16. The molecule has 3 amide bonds. The summed E-state index contributed by atoms with van der Waals surface area (Å²) in [5.74, 6) is -0.582. The Balaban J connectivity index is 1.41. The number of fused-ring (bicyclic) bond motifs is 1. The van der Waals surface area contributed by atoms with Gasteiger partial charge in [-0.25, -0.2) is 9.59 Å². The number of hydrogen-bond donors (Lipinski definition) is 1. The van der Waals surface area contributed by atoms with E-state index in [0.29, 0.717) is 17.9 Å². The van der Waals surface area contributed by atoms with Crippen molar-refractivity contribution in [1.82, 2.24) is 15.1 Å². The average molecular weight is 622 g/mol. The molecule has 2 aromatic carbocycles. The van der Waals surface area contributed by atoms with Gasteiger partial charge < -0.3 is 19.7 Å². The number of carbonyl (C=O) groups is 4. The van der Waals surface area contributed by atoms with Crippen molar-refractivity contribution in [2.75, 3.05) is 18.8 Å². The summed E-state index contributed by atoms with van der Waals surface area (Å²) in [6.45, 7) is 6.65. The molecule has 3 aliphatic rings. The number of thioether (sulfide) groups is 2. The normalized spacial score (nSPS) is 22.0. The maximum atomic E-state index is 14.0. The van der Waals surface area contributed by atoms with E-state index in [1.807, 2.05) is 72.1 Å². The molecule has 0 saturated carbocycles. The fourth-order valence-electron chi connectivity index (χ4n) is 5.13. The zero-order valence-electron chi connectivity index (χ0n) is 24.3. The topological polar surface area (TPSA) is 105 Å². The van der Waals surface area contributed by atoms with Crippen LogP contribution in [-0.4, -0.2) is 75.3 Å². The predicted octanol–water partition coefficient (Wildman–Crippen LogP) is 4.86. The molecule has 226 valence electrons. The van der Waals surface area contributed by atoms with Crippen molar-refractivity contribution in [2.24, 2.45) is 0 Å². The molecular formula is C32H35N3O6S2. The van der Waals surface area contributed by atoms with Gasteiger partial charge in [-0.3, -0.25) is 14.5 Å². The molecule has 3 aliphatic heterocycles. The van der Waals surface area contributed by atoms with Crippen molar-refractivity contribution in [3.05, 3.63) is 94.5 Å². The van der Waals surface area contributed by atoms with Gasteiger partial charge in [0.1, 0.15) is 22.7 Å². The minimum Gasteiger partial charge on any atom is -0.448 e. The second-order valence-electron chi connectivity index (χ2n) is 11.5. The van der Waals surface area contributed by atoms with Crippen LogP contribution in [0.4, 0.5) is 4.79 Å². The quantitative estimate of drug-likeness (QED) is 0.241. The van der Waals surface area contributed by atoms with Crippen LogP contribution in [0, 0.1) is 0 Å². The lowest BCUT2D eigenvalue weighted by molar-refractivity contribution is -0.153. The highest BCUT2D eigenvalue weighted by molar-refractivity contribution is 8.02. The number of esters is 1. The first-order valence-electron chi connectivity index (χ1n) is 14.1. The van der Waals surface area contributed by atoms with Crippen LogP contribution in [0.5, 0.6) is 0 Å². The number of nitrogens with one attached hydrogen (secondary N) is 1. The monoisotopic (exact) mass is 621 g/mol. The van der Waals surface area contributed by atoms with Crippen LogP contribution in [0.15, 0.2) is 83.4 Å². The number of β-lactam (4-membered cyclic amide) rings is 1. The summed E-state index contributed by atoms with van der Waals surface area (Å²) < 4.78 is 11.5. The molecule has 2 saturated heterocycles. The standard InChI is InChI=1S/C32H35N3O6S2/c1-32(2,3)41-31(39)33-25-28(37)35-26(23(19-43-29(25)35)15-17-42-24-14-16-34(18-24)20-36)30(38)40-27(21-10-6-4-7-11-21)22-12-8-5-9-13-22/h4-13,15,17,20,24-25,27,29H,14,16,18-19H2,1-3H3,(H,33,39)/b17-15+/t24-,25+,29+/m0/s1. The Morgan fingerprint density at radius 3 is 2.30 bits per heavy atom. The lowest BCUT2D eigenvalue weighted by atomic mass is 10.0. The molecule has 0 bridgehead atoms. The van der Waals surface area contributed by atoms with Gasteiger partial charge in [-0.15, -0.1) is 23.5 Å². The maximum absolute atomic E-state index is 14.0. The molecule has 0 radical (unpaired) electrons. The number of hydrogen-bond acceptors (Lipinski definition) is 8. The van der Waals surface area contributed by atoms with E-state index in [1.165, 1.54) is 16.7 Å². The third kappa shape index (κ3) is 7.27. The van der Waals surface area contributed by atoms with E-state index in [0.717, 1.165) is 30.5 Å². The number of benzene rings is 2. The first kappa shape index (κ1) is 30.7. The van der Waals surface area contributed by atoms with E-state index in [1.54, 1.807) is 37.4 Å². The fraction of sp³-hybridized carbons (Fsp3) is 0.375. The van der Waals surface area contributed by atoms with E-state index in [-0.39, 0.29) is 10.9 Å². The van der Waals surface area contributed by atoms with Gasteiger partial charge in [0, 0.05) is 24.1 Å². The van der Waals surface area contributed by atoms with E-state index in [4.69, 9.17) is 9.47 Å². The van der Waals surface area contributed by atoms with Crippen molar-refractivity contribution in [2.45, 2.75) is 55.6 Å². The molecule has 0 aliphatic carbocycles. The van der Waals surface area contributed by atoms with Crippen LogP contribution in [0.1, 0.15) is 44.4 Å². The Bertz CT molecular complexity index is 1370. The highest BCUT2D eigenvalue weighted by Gasteiger charge is 2.54. The molecule has 2 aromatic rings. The molecule has 43 heavy (non-hydrogen) atoms. The van der Waals surface area contributed by atoms with Gasteiger partial charge >= 0.3 is 12.1 Å². The molecule has 3 heterocycles. The Morgan fingerprint density at radius 2 is 1.72 bits per heavy atom. The van der Waals surface area contributed by atoms with E-state index in [2.05, 4.69) is 5.32 Å². The van der Waals surface area contributed by atoms with Crippen molar-refractivity contribution in [3.8, 4) is 0 Å². The van der Waals surface area contributed by atoms with Crippen LogP contribution in [0.2, 0.25) is 0 Å². The van der Waals surface area contributed by atoms with E-state index >= 15 is 0 Å². The Hall–Kier alpha value is -3.70. The number of amides is 3. The van der Waals surface area contributed by atoms with Crippen LogP contribution in [-0.2, 0) is 23.9 Å². The highest BCUT2D eigenvalue weighted by Crippen LogP contribution is 2.42. The van der Waals surface area contributed by atoms with Crippen LogP contribution >= 0.6 is 23.5 Å². The number of likely N-dealkylation sites (tertiary alicyclic amines) is 1. The smallest absolute Gasteiger partial charge is 0.408 e. The molecule has 3 atom stereocenters. The second-order valence-corrected chi connectivity index (χ2v) is 13.8. The Kier molecular flexibility index (Phi) is 9.51. The minimum absolute atomic E-state index is 0.172. The number of carbonyl (C=O) groups excluding carboxylic acids is 4. The van der Waals surface area contributed by atoms with Crippen LogP contribution < -0.4 is 5.32 Å². The van der Waals surface area contributed by atoms with Crippen molar-refractivity contribution in [1.29, 1.82) is 0 Å². The summed E-state index contributed by atoms with van der Waals surface area (Å²) in [5.41, 5.74) is 1.72. The number of alkyl carbamates (subject to hydrolysis) is 1. The SMILES string of the molecule is CC(C)(C)OC(=O)N[C@@H]1C(=O)N2C(C(=O)OC(c3ccccc3)c3ccccc3)=C(/C=C/S[C@H]3CCN(C=O)C3)CS[C@H]12. The van der Waals surface area contributed by atoms with Gasteiger partial charge in [0.2, 0.25) is 6.41 Å². The zero-order valence-corrected chi connectivity index (χ0v) is 25.9. The molecule has 5 rings (SSSR count). The van der Waals surface area contributed by atoms with Gasteiger partial charge in [0.25, 0.3) is 5.91 Å². The Morgan fingerprint density at radius 1 is 1.07 bits per heavy atom. The second kappa shape index (κ2) is 13.3. The fourth-order valence-corrected chi connectivity index (χ4v) is 7.44.